The van der Waals surface area contributed by atoms with Crippen LogP contribution in [0.2, 0.25) is 0 Å². The van der Waals surface area contributed by atoms with Crippen LogP contribution in [0.4, 0.5) is 0 Å². The average molecular weight is 354 g/mol. The van der Waals surface area contributed by atoms with Crippen molar-refractivity contribution in [3.05, 3.63) is 52.3 Å². The van der Waals surface area contributed by atoms with Crippen LogP contribution in [0, 0.1) is 13.8 Å². The molecule has 6 heteroatoms. The molecule has 0 unspecified atom stereocenters. The Morgan fingerprint density at radius 2 is 1.91 bits per heavy atom. The lowest BCUT2D eigenvalue weighted by atomic mass is 10.1. The fourth-order valence-corrected chi connectivity index (χ4v) is 2.97. The monoisotopic (exact) mass is 353 g/mol. The minimum Gasteiger partial charge on any atom is -0.255 e. The topological polar surface area (TPSA) is 56.0 Å². The van der Waals surface area contributed by atoms with Crippen LogP contribution in [0.25, 0.3) is 28.2 Å². The summed E-state index contributed by atoms with van der Waals surface area (Å²) < 4.78 is 2.99. The number of benzene rings is 1. The van der Waals surface area contributed by atoms with Crippen molar-refractivity contribution in [1.29, 1.82) is 0 Å². The average Bonchev–Trinajstić information content (AvgIpc) is 2.95. The van der Waals surface area contributed by atoms with Crippen LogP contribution in [0.1, 0.15) is 11.3 Å². The Bertz CT molecular complexity index is 1020. The number of hydrogen-bond donors (Lipinski definition) is 0. The summed E-state index contributed by atoms with van der Waals surface area (Å²) in [5, 5.41) is 8.70. The molecule has 1 aromatic carbocycles. The Balaban J connectivity index is 2.18. The maximum absolute atomic E-state index is 4.56. The number of aromatic nitrogens is 5. The summed E-state index contributed by atoms with van der Waals surface area (Å²) in [6.45, 7) is 4.00. The molecular weight excluding hydrogens is 342 g/mol. The Labute approximate surface area is 135 Å². The van der Waals surface area contributed by atoms with E-state index in [-0.39, 0.29) is 0 Å². The molecule has 3 heterocycles. The number of hydrogen-bond acceptors (Lipinski definition) is 4. The molecule has 3 aromatic heterocycles. The lowest BCUT2D eigenvalue weighted by molar-refractivity contribution is 1.10. The predicted octanol–water partition coefficient (Wildman–Crippen LogP) is 3.72. The molecule has 0 bridgehead atoms. The zero-order valence-corrected chi connectivity index (χ0v) is 13.7. The highest BCUT2D eigenvalue weighted by Gasteiger charge is 2.16. The van der Waals surface area contributed by atoms with E-state index >= 15 is 0 Å². The molecular formula is C16H12BrN5. The molecule has 22 heavy (non-hydrogen) atoms. The van der Waals surface area contributed by atoms with E-state index in [1.165, 1.54) is 0 Å². The maximum atomic E-state index is 4.56. The van der Waals surface area contributed by atoms with Gasteiger partial charge in [0.15, 0.2) is 17.1 Å². The molecule has 0 spiro atoms. The van der Waals surface area contributed by atoms with Crippen molar-refractivity contribution in [3.8, 4) is 11.4 Å². The molecule has 108 valence electrons. The zero-order chi connectivity index (χ0) is 15.3. The Morgan fingerprint density at radius 1 is 1.05 bits per heavy atom. The van der Waals surface area contributed by atoms with Crippen molar-refractivity contribution in [2.24, 2.45) is 0 Å². The quantitative estimate of drug-likeness (QED) is 0.523. The smallest absolute Gasteiger partial charge is 0.184 e. The fourth-order valence-electron chi connectivity index (χ4n) is 2.61. The molecule has 0 aliphatic carbocycles. The van der Waals surface area contributed by atoms with Crippen LogP contribution in [-0.2, 0) is 0 Å². The molecule has 0 fully saturated rings. The van der Waals surface area contributed by atoms with Gasteiger partial charge in [0, 0.05) is 16.2 Å². The van der Waals surface area contributed by atoms with Gasteiger partial charge in [-0.25, -0.2) is 9.97 Å². The number of nitrogens with zero attached hydrogens (tertiary/aromatic N) is 5. The second-order valence-corrected chi connectivity index (χ2v) is 6.10. The van der Waals surface area contributed by atoms with E-state index in [4.69, 9.17) is 0 Å². The van der Waals surface area contributed by atoms with Crippen molar-refractivity contribution >= 4 is 32.7 Å². The van der Waals surface area contributed by atoms with Gasteiger partial charge < -0.3 is 0 Å². The first-order valence-electron chi connectivity index (χ1n) is 6.88. The molecule has 0 N–H and O–H groups in total. The highest BCUT2D eigenvalue weighted by Crippen LogP contribution is 2.28. The summed E-state index contributed by atoms with van der Waals surface area (Å²) in [7, 11) is 0. The van der Waals surface area contributed by atoms with Crippen molar-refractivity contribution in [2.75, 3.05) is 0 Å². The number of halogens is 1. The van der Waals surface area contributed by atoms with Crippen molar-refractivity contribution < 1.29 is 0 Å². The van der Waals surface area contributed by atoms with Gasteiger partial charge in [0.2, 0.25) is 0 Å². The highest BCUT2D eigenvalue weighted by molar-refractivity contribution is 9.10. The van der Waals surface area contributed by atoms with E-state index in [1.54, 1.807) is 6.20 Å². The van der Waals surface area contributed by atoms with E-state index in [0.29, 0.717) is 0 Å². The zero-order valence-electron chi connectivity index (χ0n) is 12.1. The lowest BCUT2D eigenvalue weighted by Crippen LogP contribution is -1.99. The Morgan fingerprint density at radius 3 is 2.77 bits per heavy atom. The summed E-state index contributed by atoms with van der Waals surface area (Å²) in [6, 6.07) is 9.97. The van der Waals surface area contributed by atoms with E-state index < -0.39 is 0 Å². The van der Waals surface area contributed by atoms with Gasteiger partial charge in [0.25, 0.3) is 0 Å². The van der Waals surface area contributed by atoms with Crippen LogP contribution in [0.15, 0.2) is 41.0 Å². The lowest BCUT2D eigenvalue weighted by Gasteiger charge is -2.07. The van der Waals surface area contributed by atoms with Crippen LogP contribution in [0.5, 0.6) is 0 Å². The minimum atomic E-state index is 0.737. The van der Waals surface area contributed by atoms with Crippen LogP contribution >= 0.6 is 15.9 Å². The molecule has 0 saturated heterocycles. The van der Waals surface area contributed by atoms with E-state index in [1.807, 2.05) is 29.5 Å². The van der Waals surface area contributed by atoms with Crippen molar-refractivity contribution in [2.45, 2.75) is 13.8 Å². The number of pyridine rings is 1. The highest BCUT2D eigenvalue weighted by atomic mass is 79.9. The van der Waals surface area contributed by atoms with E-state index in [0.717, 1.165) is 43.9 Å². The molecule has 5 nitrogen and oxygen atoms in total. The van der Waals surface area contributed by atoms with Gasteiger partial charge in [0.1, 0.15) is 5.52 Å². The first kappa shape index (κ1) is 13.3. The molecule has 0 aliphatic heterocycles. The number of aryl methyl sites for hydroxylation is 2. The minimum absolute atomic E-state index is 0.737. The first-order chi connectivity index (χ1) is 10.6. The van der Waals surface area contributed by atoms with Gasteiger partial charge in [0.05, 0.1) is 5.69 Å². The normalized spacial score (nSPS) is 11.4. The Kier molecular flexibility index (Phi) is 2.94. The molecule has 0 aliphatic rings. The molecule has 0 atom stereocenters. The molecule has 0 amide bonds. The first-order valence-corrected chi connectivity index (χ1v) is 7.67. The summed E-state index contributed by atoms with van der Waals surface area (Å²) in [5.41, 5.74) is 5.34. The largest absolute Gasteiger partial charge is 0.255 e. The van der Waals surface area contributed by atoms with Crippen molar-refractivity contribution in [1.82, 2.24) is 24.6 Å². The number of fused-ring (bicyclic) bond motifs is 3. The summed E-state index contributed by atoms with van der Waals surface area (Å²) in [5.74, 6) is 0.781. The third kappa shape index (κ3) is 1.91. The summed E-state index contributed by atoms with van der Waals surface area (Å²) >= 11 is 3.52. The standard InChI is InChI=1S/C16H12BrN5/c1-9-5-6-11(17)8-12(9)15-21-20-14-10(2)19-13-4-3-7-18-16(13)22(14)15/h3-8H,1-2H3. The maximum Gasteiger partial charge on any atom is 0.184 e. The predicted molar refractivity (Wildman–Crippen MR) is 88.7 cm³/mol. The van der Waals surface area contributed by atoms with Crippen LogP contribution in [-0.4, -0.2) is 24.6 Å². The third-order valence-corrected chi connectivity index (χ3v) is 4.19. The second-order valence-electron chi connectivity index (χ2n) is 5.19. The second kappa shape index (κ2) is 4.84. The summed E-state index contributed by atoms with van der Waals surface area (Å²) in [6.07, 6.45) is 1.76. The molecule has 0 saturated carbocycles. The SMILES string of the molecule is Cc1ccc(Br)cc1-c1nnc2c(C)nc3cccnc3n12. The molecule has 4 aromatic rings. The van der Waals surface area contributed by atoms with Gasteiger partial charge in [-0.1, -0.05) is 22.0 Å². The van der Waals surface area contributed by atoms with Crippen LogP contribution < -0.4 is 0 Å². The summed E-state index contributed by atoms with van der Waals surface area (Å²) in [4.78, 5) is 9.03. The van der Waals surface area contributed by atoms with E-state index in [2.05, 4.69) is 55.2 Å². The van der Waals surface area contributed by atoms with Gasteiger partial charge in [-0.3, -0.25) is 4.40 Å². The third-order valence-electron chi connectivity index (χ3n) is 3.69. The van der Waals surface area contributed by atoms with Crippen molar-refractivity contribution in [3.63, 3.8) is 0 Å². The molecule has 0 radical (unpaired) electrons. The van der Waals surface area contributed by atoms with Crippen LogP contribution in [0.3, 0.4) is 0 Å². The van der Waals surface area contributed by atoms with Gasteiger partial charge >= 0.3 is 0 Å². The van der Waals surface area contributed by atoms with Gasteiger partial charge in [-0.05, 0) is 43.7 Å². The fraction of sp³-hybridized carbons (Fsp3) is 0.125. The Hall–Kier alpha value is -2.34. The number of rotatable bonds is 1. The van der Waals surface area contributed by atoms with Gasteiger partial charge in [-0.15, -0.1) is 10.2 Å². The van der Waals surface area contributed by atoms with E-state index in [9.17, 15) is 0 Å². The molecule has 4 rings (SSSR count). The van der Waals surface area contributed by atoms with Gasteiger partial charge in [-0.2, -0.15) is 0 Å².